The van der Waals surface area contributed by atoms with E-state index in [0.29, 0.717) is 0 Å². The van der Waals surface area contributed by atoms with Crippen LogP contribution in [0.1, 0.15) is 10.4 Å². The summed E-state index contributed by atoms with van der Waals surface area (Å²) in [5.41, 5.74) is 0.0799. The van der Waals surface area contributed by atoms with Crippen LogP contribution in [0.2, 0.25) is 0 Å². The molecule has 7 heteroatoms. The summed E-state index contributed by atoms with van der Waals surface area (Å²) in [4.78, 5) is 35.2. The van der Waals surface area contributed by atoms with Crippen LogP contribution in [-0.4, -0.2) is 47.4 Å². The molecule has 2 N–H and O–H groups in total. The topological polar surface area (TPSA) is 86.7 Å². The van der Waals surface area contributed by atoms with Gasteiger partial charge in [-0.2, -0.15) is 0 Å². The summed E-state index contributed by atoms with van der Waals surface area (Å²) in [5, 5.41) is 11.0. The number of carboxylic acid groups (broad SMARTS) is 1. The number of hydrogen-bond acceptors (Lipinski definition) is 3. The van der Waals surface area contributed by atoms with Gasteiger partial charge in [-0.05, 0) is 18.2 Å². The lowest BCUT2D eigenvalue weighted by Crippen LogP contribution is -2.42. The molecule has 21 heavy (non-hydrogen) atoms. The lowest BCUT2D eigenvalue weighted by molar-refractivity contribution is -0.143. The van der Waals surface area contributed by atoms with E-state index >= 15 is 0 Å². The predicted molar refractivity (Wildman–Crippen MR) is 73.1 cm³/mol. The van der Waals surface area contributed by atoms with Gasteiger partial charge in [0.1, 0.15) is 12.4 Å². The average molecular weight is 294 g/mol. The van der Waals surface area contributed by atoms with Gasteiger partial charge in [-0.25, -0.2) is 4.39 Å². The molecule has 0 atom stereocenters. The number of benzene rings is 1. The number of halogens is 1. The second-order valence-corrected chi connectivity index (χ2v) is 4.15. The molecule has 1 rings (SSSR count). The first kappa shape index (κ1) is 16.4. The Kier molecular flexibility index (Phi) is 6.06. The molecule has 0 aliphatic carbocycles. The average Bonchev–Trinajstić information content (AvgIpc) is 2.43. The van der Waals surface area contributed by atoms with Crippen LogP contribution in [0.15, 0.2) is 36.9 Å². The number of aliphatic carboxylic acids is 1. The molecule has 0 saturated carbocycles. The third-order valence-electron chi connectivity index (χ3n) is 2.52. The largest absolute Gasteiger partial charge is 0.480 e. The van der Waals surface area contributed by atoms with Gasteiger partial charge in [-0.1, -0.05) is 12.1 Å². The molecule has 2 amide bonds. The molecule has 1 aromatic rings. The highest BCUT2D eigenvalue weighted by Crippen LogP contribution is 2.03. The van der Waals surface area contributed by atoms with Gasteiger partial charge in [0.25, 0.3) is 5.91 Å². The van der Waals surface area contributed by atoms with Crippen molar-refractivity contribution in [1.29, 1.82) is 0 Å². The lowest BCUT2D eigenvalue weighted by Gasteiger charge is -2.19. The van der Waals surface area contributed by atoms with E-state index in [1.807, 2.05) is 0 Å². The van der Waals surface area contributed by atoms with Crippen molar-refractivity contribution in [3.63, 3.8) is 0 Å². The standard InChI is InChI=1S/C14H15FN2O4/c1-2-6-17(9-13(19)20)12(18)8-16-14(21)10-4-3-5-11(15)7-10/h2-5,7H,1,6,8-9H2,(H,16,21)(H,19,20). The SMILES string of the molecule is C=CCN(CC(=O)O)C(=O)CNC(=O)c1cccc(F)c1. The van der Waals surface area contributed by atoms with Crippen LogP contribution in [-0.2, 0) is 9.59 Å². The molecule has 0 saturated heterocycles. The number of rotatable bonds is 7. The molecular formula is C14H15FN2O4. The fraction of sp³-hybridized carbons (Fsp3) is 0.214. The second-order valence-electron chi connectivity index (χ2n) is 4.15. The van der Waals surface area contributed by atoms with Gasteiger partial charge in [-0.3, -0.25) is 14.4 Å². The summed E-state index contributed by atoms with van der Waals surface area (Å²) < 4.78 is 13.0. The summed E-state index contributed by atoms with van der Waals surface area (Å²) in [7, 11) is 0. The Labute approximate surface area is 120 Å². The van der Waals surface area contributed by atoms with Crippen LogP contribution in [0, 0.1) is 5.82 Å². The van der Waals surface area contributed by atoms with Crippen molar-refractivity contribution >= 4 is 17.8 Å². The number of carbonyl (C=O) groups is 3. The highest BCUT2D eigenvalue weighted by atomic mass is 19.1. The predicted octanol–water partition coefficient (Wildman–Crippen LogP) is 0.655. The Morgan fingerprint density at radius 3 is 2.67 bits per heavy atom. The summed E-state index contributed by atoms with van der Waals surface area (Å²) in [5.74, 6) is -2.91. The maximum Gasteiger partial charge on any atom is 0.323 e. The highest BCUT2D eigenvalue weighted by molar-refractivity contribution is 5.96. The number of nitrogens with one attached hydrogen (secondary N) is 1. The molecule has 0 fully saturated rings. The van der Waals surface area contributed by atoms with Crippen LogP contribution in [0.5, 0.6) is 0 Å². The molecule has 0 spiro atoms. The van der Waals surface area contributed by atoms with E-state index in [1.54, 1.807) is 0 Å². The van der Waals surface area contributed by atoms with Crippen LogP contribution in [0.4, 0.5) is 4.39 Å². The maximum atomic E-state index is 13.0. The molecule has 0 aliphatic heterocycles. The minimum absolute atomic E-state index is 0.0565. The second kappa shape index (κ2) is 7.78. The third-order valence-corrected chi connectivity index (χ3v) is 2.52. The summed E-state index contributed by atoms with van der Waals surface area (Å²) in [6, 6.07) is 5.02. The number of carboxylic acids is 1. The lowest BCUT2D eigenvalue weighted by atomic mass is 10.2. The van der Waals surface area contributed by atoms with Gasteiger partial charge >= 0.3 is 5.97 Å². The number of amides is 2. The van der Waals surface area contributed by atoms with Crippen molar-refractivity contribution in [1.82, 2.24) is 10.2 Å². The van der Waals surface area contributed by atoms with Crippen molar-refractivity contribution in [2.24, 2.45) is 0 Å². The Morgan fingerprint density at radius 1 is 1.38 bits per heavy atom. The molecule has 6 nitrogen and oxygen atoms in total. The zero-order valence-electron chi connectivity index (χ0n) is 11.2. The normalized spacial score (nSPS) is 9.76. The zero-order chi connectivity index (χ0) is 15.8. The van der Waals surface area contributed by atoms with Crippen molar-refractivity contribution < 1.29 is 23.9 Å². The van der Waals surface area contributed by atoms with Crippen molar-refractivity contribution in [3.8, 4) is 0 Å². The van der Waals surface area contributed by atoms with Crippen LogP contribution >= 0.6 is 0 Å². The van der Waals surface area contributed by atoms with E-state index in [1.165, 1.54) is 24.3 Å². The van der Waals surface area contributed by atoms with Gasteiger partial charge in [0.2, 0.25) is 5.91 Å². The molecule has 0 bridgehead atoms. The van der Waals surface area contributed by atoms with Crippen LogP contribution < -0.4 is 5.32 Å². The molecule has 0 unspecified atom stereocenters. The van der Waals surface area contributed by atoms with Gasteiger partial charge in [0.05, 0.1) is 6.54 Å². The maximum absolute atomic E-state index is 13.0. The Hall–Kier alpha value is -2.70. The fourth-order valence-electron chi connectivity index (χ4n) is 1.57. The molecular weight excluding hydrogens is 279 g/mol. The minimum atomic E-state index is -1.17. The van der Waals surface area contributed by atoms with Crippen molar-refractivity contribution in [2.45, 2.75) is 0 Å². The van der Waals surface area contributed by atoms with E-state index in [9.17, 15) is 18.8 Å². The minimum Gasteiger partial charge on any atom is -0.480 e. The van der Waals surface area contributed by atoms with E-state index in [-0.39, 0.29) is 18.7 Å². The highest BCUT2D eigenvalue weighted by Gasteiger charge is 2.16. The van der Waals surface area contributed by atoms with Gasteiger partial charge in [-0.15, -0.1) is 6.58 Å². The van der Waals surface area contributed by atoms with Crippen LogP contribution in [0.25, 0.3) is 0 Å². The molecule has 0 aliphatic rings. The summed E-state index contributed by atoms with van der Waals surface area (Å²) >= 11 is 0. The fourth-order valence-corrected chi connectivity index (χ4v) is 1.57. The molecule has 0 radical (unpaired) electrons. The van der Waals surface area contributed by atoms with E-state index < -0.39 is 30.1 Å². The van der Waals surface area contributed by atoms with E-state index in [0.717, 1.165) is 11.0 Å². The van der Waals surface area contributed by atoms with Crippen molar-refractivity contribution in [2.75, 3.05) is 19.6 Å². The van der Waals surface area contributed by atoms with E-state index in [2.05, 4.69) is 11.9 Å². The monoisotopic (exact) mass is 294 g/mol. The number of nitrogens with zero attached hydrogens (tertiary/aromatic N) is 1. The molecule has 0 heterocycles. The van der Waals surface area contributed by atoms with Gasteiger partial charge in [0.15, 0.2) is 0 Å². The quantitative estimate of drug-likeness (QED) is 0.723. The first-order valence-electron chi connectivity index (χ1n) is 6.08. The smallest absolute Gasteiger partial charge is 0.323 e. The Balaban J connectivity index is 2.59. The number of hydrogen-bond donors (Lipinski definition) is 2. The summed E-state index contributed by atoms with van der Waals surface area (Å²) in [6.07, 6.45) is 1.38. The first-order chi connectivity index (χ1) is 9.93. The van der Waals surface area contributed by atoms with Crippen LogP contribution in [0.3, 0.4) is 0 Å². The molecule has 1 aromatic carbocycles. The first-order valence-corrected chi connectivity index (χ1v) is 6.08. The zero-order valence-corrected chi connectivity index (χ0v) is 11.2. The van der Waals surface area contributed by atoms with E-state index in [4.69, 9.17) is 5.11 Å². The Bertz CT molecular complexity index is 560. The third kappa shape index (κ3) is 5.43. The molecule has 112 valence electrons. The molecule has 0 aromatic heterocycles. The van der Waals surface area contributed by atoms with Gasteiger partial charge < -0.3 is 15.3 Å². The van der Waals surface area contributed by atoms with Crippen molar-refractivity contribution in [3.05, 3.63) is 48.3 Å². The van der Waals surface area contributed by atoms with Gasteiger partial charge in [0, 0.05) is 12.1 Å². The number of carbonyl (C=O) groups excluding carboxylic acids is 2. The summed E-state index contributed by atoms with van der Waals surface area (Å²) in [6.45, 7) is 2.62. The Morgan fingerprint density at radius 2 is 2.10 bits per heavy atom.